The van der Waals surface area contributed by atoms with Crippen LogP contribution < -0.4 is 5.73 Å². The van der Waals surface area contributed by atoms with E-state index in [4.69, 9.17) is 15.0 Å². The van der Waals surface area contributed by atoms with Gasteiger partial charge in [0.25, 0.3) is 5.89 Å². The molecule has 0 amide bonds. The van der Waals surface area contributed by atoms with Gasteiger partial charge < -0.3 is 15.0 Å². The average molecular weight is 271 g/mol. The highest BCUT2D eigenvalue weighted by Crippen LogP contribution is 2.43. The molecular weight excluding hydrogens is 254 g/mol. The van der Waals surface area contributed by atoms with Crippen LogP contribution in [-0.4, -0.2) is 22.3 Å². The Bertz CT molecular complexity index is 652. The first-order valence-electron chi connectivity index (χ1n) is 7.06. The first kappa shape index (κ1) is 11.9. The number of aryl methyl sites for hydroxylation is 1. The van der Waals surface area contributed by atoms with Gasteiger partial charge >= 0.3 is 0 Å². The van der Waals surface area contributed by atoms with Crippen LogP contribution >= 0.6 is 0 Å². The van der Waals surface area contributed by atoms with Crippen LogP contribution in [0.1, 0.15) is 36.6 Å². The van der Waals surface area contributed by atoms with Crippen molar-refractivity contribution in [1.82, 2.24) is 10.1 Å². The van der Waals surface area contributed by atoms with Crippen LogP contribution in [0.3, 0.4) is 0 Å². The Morgan fingerprint density at radius 3 is 2.95 bits per heavy atom. The predicted octanol–water partition coefficient (Wildman–Crippen LogP) is 2.66. The van der Waals surface area contributed by atoms with Gasteiger partial charge in [-0.15, -0.1) is 0 Å². The summed E-state index contributed by atoms with van der Waals surface area (Å²) in [6, 6.07) is 5.82. The van der Waals surface area contributed by atoms with Gasteiger partial charge in [-0.2, -0.15) is 4.98 Å². The highest BCUT2D eigenvalue weighted by molar-refractivity contribution is 5.71. The zero-order valence-corrected chi connectivity index (χ0v) is 11.4. The molecule has 1 aromatic heterocycles. The Morgan fingerprint density at radius 2 is 2.20 bits per heavy atom. The third-order valence-corrected chi connectivity index (χ3v) is 4.32. The second-order valence-electron chi connectivity index (χ2n) is 5.76. The highest BCUT2D eigenvalue weighted by atomic mass is 16.5. The van der Waals surface area contributed by atoms with E-state index in [9.17, 15) is 0 Å². The summed E-state index contributed by atoms with van der Waals surface area (Å²) in [6.07, 6.45) is 3.92. The summed E-state index contributed by atoms with van der Waals surface area (Å²) in [5.41, 5.74) is 8.59. The topological polar surface area (TPSA) is 74.2 Å². The molecule has 5 heteroatoms. The van der Waals surface area contributed by atoms with Gasteiger partial charge in [-0.1, -0.05) is 16.8 Å². The van der Waals surface area contributed by atoms with E-state index in [1.807, 2.05) is 25.1 Å². The summed E-state index contributed by atoms with van der Waals surface area (Å²) < 4.78 is 11.3. The number of benzene rings is 1. The summed E-state index contributed by atoms with van der Waals surface area (Å²) in [7, 11) is 0. The number of hydrogen-bond donors (Lipinski definition) is 1. The molecule has 2 N–H and O–H groups in total. The molecule has 20 heavy (non-hydrogen) atoms. The van der Waals surface area contributed by atoms with Crippen molar-refractivity contribution in [3.05, 3.63) is 29.6 Å². The van der Waals surface area contributed by atoms with Crippen molar-refractivity contribution in [3.63, 3.8) is 0 Å². The number of fused-ring (bicyclic) bond motifs is 2. The van der Waals surface area contributed by atoms with E-state index in [-0.39, 0.29) is 12.0 Å². The van der Waals surface area contributed by atoms with E-state index in [0.29, 0.717) is 17.7 Å². The largest absolute Gasteiger partial charge is 0.398 e. The maximum atomic E-state index is 5.99. The first-order chi connectivity index (χ1) is 9.70. The fraction of sp³-hybridized carbons (Fsp3) is 0.467. The Kier molecular flexibility index (Phi) is 2.57. The van der Waals surface area contributed by atoms with Crippen molar-refractivity contribution in [2.45, 2.75) is 44.3 Å². The standard InChI is InChI=1S/C15H17N3O2/c1-8-2-4-12(16)10(6-8)15-17-14(18-20-15)11-7-9-3-5-13(11)19-9/h2,4,6,9,11,13H,3,5,7,16H2,1H3. The third kappa shape index (κ3) is 1.81. The van der Waals surface area contributed by atoms with Crippen molar-refractivity contribution in [2.24, 2.45) is 0 Å². The van der Waals surface area contributed by atoms with Gasteiger partial charge in [-0.3, -0.25) is 0 Å². The molecule has 5 nitrogen and oxygen atoms in total. The number of nitrogens with two attached hydrogens (primary N) is 1. The lowest BCUT2D eigenvalue weighted by Crippen LogP contribution is -2.15. The van der Waals surface area contributed by atoms with Gasteiger partial charge in [0.15, 0.2) is 5.82 Å². The van der Waals surface area contributed by atoms with Gasteiger partial charge in [0.05, 0.1) is 23.7 Å². The average Bonchev–Trinajstić information content (AvgIpc) is 3.15. The second kappa shape index (κ2) is 4.31. The third-order valence-electron chi connectivity index (χ3n) is 4.32. The minimum absolute atomic E-state index is 0.264. The Hall–Kier alpha value is -1.88. The first-order valence-corrected chi connectivity index (χ1v) is 7.06. The van der Waals surface area contributed by atoms with Crippen LogP contribution in [0.4, 0.5) is 5.69 Å². The van der Waals surface area contributed by atoms with Crippen LogP contribution in [0, 0.1) is 6.92 Å². The van der Waals surface area contributed by atoms with Crippen LogP contribution in [-0.2, 0) is 4.74 Å². The Balaban J connectivity index is 1.66. The minimum Gasteiger partial charge on any atom is -0.398 e. The van der Waals surface area contributed by atoms with E-state index in [1.165, 1.54) is 0 Å². The Labute approximate surface area is 117 Å². The van der Waals surface area contributed by atoms with E-state index in [2.05, 4.69) is 10.1 Å². The molecule has 0 spiro atoms. The molecular formula is C15H17N3O2. The van der Waals surface area contributed by atoms with Crippen molar-refractivity contribution in [1.29, 1.82) is 0 Å². The number of nitrogen functional groups attached to an aromatic ring is 1. The van der Waals surface area contributed by atoms with Gasteiger partial charge in [0, 0.05) is 5.69 Å². The monoisotopic (exact) mass is 271 g/mol. The molecule has 2 bridgehead atoms. The molecule has 3 unspecified atom stereocenters. The SMILES string of the molecule is Cc1ccc(N)c(-c2nc(C3CC4CCC3O4)no2)c1. The molecule has 0 aliphatic carbocycles. The maximum Gasteiger partial charge on any atom is 0.260 e. The lowest BCUT2D eigenvalue weighted by molar-refractivity contribution is 0.0996. The van der Waals surface area contributed by atoms with Gasteiger partial charge in [-0.05, 0) is 38.3 Å². The lowest BCUT2D eigenvalue weighted by atomic mass is 9.89. The molecule has 4 rings (SSSR count). The summed E-state index contributed by atoms with van der Waals surface area (Å²) in [5.74, 6) is 1.54. The molecule has 0 radical (unpaired) electrons. The molecule has 2 aromatic rings. The van der Waals surface area contributed by atoms with Gasteiger partial charge in [-0.25, -0.2) is 0 Å². The normalized spacial score (nSPS) is 28.1. The number of hydrogen-bond acceptors (Lipinski definition) is 5. The van der Waals surface area contributed by atoms with Gasteiger partial charge in [0.2, 0.25) is 0 Å². The molecule has 3 heterocycles. The summed E-state index contributed by atoms with van der Waals surface area (Å²) in [6.45, 7) is 2.02. The summed E-state index contributed by atoms with van der Waals surface area (Å²) in [4.78, 5) is 4.55. The predicted molar refractivity (Wildman–Crippen MR) is 74.1 cm³/mol. The van der Waals surface area contributed by atoms with Crippen molar-refractivity contribution in [3.8, 4) is 11.5 Å². The molecule has 104 valence electrons. The quantitative estimate of drug-likeness (QED) is 0.850. The molecule has 0 saturated carbocycles. The van der Waals surface area contributed by atoms with E-state index < -0.39 is 0 Å². The van der Waals surface area contributed by atoms with Crippen molar-refractivity contribution >= 4 is 5.69 Å². The van der Waals surface area contributed by atoms with E-state index >= 15 is 0 Å². The highest BCUT2D eigenvalue weighted by Gasteiger charge is 2.43. The summed E-state index contributed by atoms with van der Waals surface area (Å²) >= 11 is 0. The van der Waals surface area contributed by atoms with Crippen LogP contribution in [0.25, 0.3) is 11.5 Å². The van der Waals surface area contributed by atoms with Crippen LogP contribution in [0.2, 0.25) is 0 Å². The van der Waals surface area contributed by atoms with Crippen LogP contribution in [0.5, 0.6) is 0 Å². The fourth-order valence-corrected chi connectivity index (χ4v) is 3.26. The Morgan fingerprint density at radius 1 is 1.30 bits per heavy atom. The molecule has 2 aliphatic heterocycles. The maximum absolute atomic E-state index is 5.99. The number of nitrogens with zero attached hydrogens (tertiary/aromatic N) is 2. The molecule has 1 aromatic carbocycles. The molecule has 2 aliphatic rings. The van der Waals surface area contributed by atoms with E-state index in [0.717, 1.165) is 36.2 Å². The van der Waals surface area contributed by atoms with Crippen molar-refractivity contribution < 1.29 is 9.26 Å². The number of aromatic nitrogens is 2. The fourth-order valence-electron chi connectivity index (χ4n) is 3.26. The smallest absolute Gasteiger partial charge is 0.260 e. The number of ether oxygens (including phenoxy) is 1. The van der Waals surface area contributed by atoms with E-state index in [1.54, 1.807) is 0 Å². The zero-order chi connectivity index (χ0) is 13.7. The summed E-state index contributed by atoms with van der Waals surface area (Å²) in [5, 5.41) is 4.14. The van der Waals surface area contributed by atoms with Crippen LogP contribution in [0.15, 0.2) is 22.7 Å². The molecule has 2 fully saturated rings. The minimum atomic E-state index is 0.264. The second-order valence-corrected chi connectivity index (χ2v) is 5.76. The number of rotatable bonds is 2. The number of anilines is 1. The van der Waals surface area contributed by atoms with Crippen molar-refractivity contribution in [2.75, 3.05) is 5.73 Å². The lowest BCUT2D eigenvalue weighted by Gasteiger charge is -2.13. The molecule has 2 saturated heterocycles. The zero-order valence-electron chi connectivity index (χ0n) is 11.4. The van der Waals surface area contributed by atoms with Gasteiger partial charge in [0.1, 0.15) is 0 Å². The molecule has 3 atom stereocenters.